The Morgan fingerprint density at radius 3 is 2.41 bits per heavy atom. The Morgan fingerprint density at radius 2 is 1.74 bits per heavy atom. The fourth-order valence-corrected chi connectivity index (χ4v) is 3.64. The van der Waals surface area contributed by atoms with Crippen LogP contribution in [0.5, 0.6) is 5.75 Å². The standard InChI is InChI=1S/C25H28N4O4S/c1-3-5-6-7-15-33-19-11-8-17(9-12-19)22(30)27-28-23(31)18-10-13-20-21(16-18)26-25(34)29(14-4-2)24(20)32/h4,8-13,16H,2-3,5-7,14-15H2,1H3,(H,26,34)(H,27,30)(H,28,31). The first-order valence-corrected chi connectivity index (χ1v) is 11.6. The summed E-state index contributed by atoms with van der Waals surface area (Å²) in [5.41, 5.74) is 5.57. The van der Waals surface area contributed by atoms with Crippen molar-refractivity contribution < 1.29 is 14.3 Å². The Morgan fingerprint density at radius 1 is 1.06 bits per heavy atom. The van der Waals surface area contributed by atoms with Crippen LogP contribution in [-0.4, -0.2) is 28.0 Å². The van der Waals surface area contributed by atoms with Crippen molar-refractivity contribution in [2.24, 2.45) is 0 Å². The minimum Gasteiger partial charge on any atom is -0.494 e. The molecule has 1 aromatic heterocycles. The maximum Gasteiger partial charge on any atom is 0.269 e. The SMILES string of the molecule is C=CCn1c(=S)[nH]c2cc(C(=O)NNC(=O)c3ccc(OCCCCCC)cc3)ccc2c1=O. The van der Waals surface area contributed by atoms with Crippen LogP contribution in [0.25, 0.3) is 10.9 Å². The Hall–Kier alpha value is -3.72. The van der Waals surface area contributed by atoms with Crippen molar-refractivity contribution in [2.45, 2.75) is 39.2 Å². The summed E-state index contributed by atoms with van der Waals surface area (Å²) in [4.78, 5) is 40.4. The van der Waals surface area contributed by atoms with Gasteiger partial charge < -0.3 is 9.72 Å². The number of fused-ring (bicyclic) bond motifs is 1. The number of aromatic amines is 1. The number of hydrogen-bond acceptors (Lipinski definition) is 5. The number of unbranched alkanes of at least 4 members (excludes halogenated alkanes) is 3. The summed E-state index contributed by atoms with van der Waals surface area (Å²) in [5.74, 6) is -0.301. The van der Waals surface area contributed by atoms with E-state index in [0.29, 0.717) is 28.8 Å². The molecule has 2 amide bonds. The average molecular weight is 481 g/mol. The van der Waals surface area contributed by atoms with Crippen LogP contribution in [0.1, 0.15) is 53.3 Å². The van der Waals surface area contributed by atoms with Crippen LogP contribution in [0, 0.1) is 4.77 Å². The number of amides is 2. The summed E-state index contributed by atoms with van der Waals surface area (Å²) < 4.78 is 7.29. The van der Waals surface area contributed by atoms with Gasteiger partial charge in [0.05, 0.1) is 17.5 Å². The molecule has 0 aliphatic heterocycles. The normalized spacial score (nSPS) is 10.6. The molecular weight excluding hydrogens is 452 g/mol. The molecule has 3 aromatic rings. The van der Waals surface area contributed by atoms with Crippen LogP contribution in [0.3, 0.4) is 0 Å². The second kappa shape index (κ2) is 11.9. The molecule has 0 saturated heterocycles. The number of nitrogens with zero attached hydrogens (tertiary/aromatic N) is 1. The fourth-order valence-electron chi connectivity index (χ4n) is 3.37. The van der Waals surface area contributed by atoms with E-state index in [2.05, 4.69) is 29.3 Å². The van der Waals surface area contributed by atoms with Gasteiger partial charge in [0.1, 0.15) is 5.75 Å². The molecule has 0 bridgehead atoms. The minimum absolute atomic E-state index is 0.233. The van der Waals surface area contributed by atoms with Crippen molar-refractivity contribution in [3.8, 4) is 5.75 Å². The number of nitrogens with one attached hydrogen (secondary N) is 3. The Labute approximate surface area is 202 Å². The highest BCUT2D eigenvalue weighted by Gasteiger charge is 2.12. The van der Waals surface area contributed by atoms with Gasteiger partial charge in [-0.05, 0) is 61.1 Å². The predicted octanol–water partition coefficient (Wildman–Crippen LogP) is 4.28. The summed E-state index contributed by atoms with van der Waals surface area (Å²) in [6, 6.07) is 11.3. The molecule has 0 saturated carbocycles. The number of aromatic nitrogens is 2. The van der Waals surface area contributed by atoms with Crippen molar-refractivity contribution >= 4 is 34.9 Å². The lowest BCUT2D eigenvalue weighted by molar-refractivity contribution is 0.0846. The Kier molecular flexibility index (Phi) is 8.75. The van der Waals surface area contributed by atoms with Crippen LogP contribution in [0.15, 0.2) is 59.9 Å². The number of carbonyl (C=O) groups is 2. The molecule has 34 heavy (non-hydrogen) atoms. The largest absolute Gasteiger partial charge is 0.494 e. The summed E-state index contributed by atoms with van der Waals surface area (Å²) in [6.45, 7) is 6.70. The monoisotopic (exact) mass is 480 g/mol. The van der Waals surface area contributed by atoms with Gasteiger partial charge in [-0.15, -0.1) is 6.58 Å². The zero-order valence-corrected chi connectivity index (χ0v) is 19.9. The third-order valence-corrected chi connectivity index (χ3v) is 5.55. The van der Waals surface area contributed by atoms with E-state index >= 15 is 0 Å². The highest BCUT2D eigenvalue weighted by Crippen LogP contribution is 2.14. The van der Waals surface area contributed by atoms with Crippen LogP contribution < -0.4 is 21.1 Å². The topological polar surface area (TPSA) is 105 Å². The molecule has 0 aliphatic rings. The molecule has 3 rings (SSSR count). The predicted molar refractivity (Wildman–Crippen MR) is 135 cm³/mol. The fraction of sp³-hybridized carbons (Fsp3) is 0.280. The quantitative estimate of drug-likeness (QED) is 0.174. The van der Waals surface area contributed by atoms with Crippen molar-refractivity contribution in [3.05, 3.63) is 81.4 Å². The molecule has 9 heteroatoms. The molecule has 0 radical (unpaired) electrons. The Bertz CT molecular complexity index is 1290. The average Bonchev–Trinajstić information content (AvgIpc) is 2.84. The lowest BCUT2D eigenvalue weighted by Gasteiger charge is -2.10. The van der Waals surface area contributed by atoms with Gasteiger partial charge in [0.25, 0.3) is 17.4 Å². The van der Waals surface area contributed by atoms with Crippen molar-refractivity contribution in [3.63, 3.8) is 0 Å². The first-order chi connectivity index (χ1) is 16.4. The van der Waals surface area contributed by atoms with Gasteiger partial charge in [0.2, 0.25) is 0 Å². The molecule has 0 aliphatic carbocycles. The summed E-state index contributed by atoms with van der Waals surface area (Å²) in [7, 11) is 0. The van der Waals surface area contributed by atoms with Gasteiger partial charge in [-0.1, -0.05) is 32.3 Å². The molecule has 0 atom stereocenters. The minimum atomic E-state index is -0.531. The van der Waals surface area contributed by atoms with Crippen LogP contribution in [0.2, 0.25) is 0 Å². The number of ether oxygens (including phenoxy) is 1. The van der Waals surface area contributed by atoms with Gasteiger partial charge in [0.15, 0.2) is 4.77 Å². The van der Waals surface area contributed by atoms with Gasteiger partial charge in [0, 0.05) is 17.7 Å². The molecule has 2 aromatic carbocycles. The molecule has 0 unspecified atom stereocenters. The number of allylic oxidation sites excluding steroid dienone is 1. The van der Waals surface area contributed by atoms with E-state index in [0.717, 1.165) is 12.8 Å². The van der Waals surface area contributed by atoms with Gasteiger partial charge in [-0.25, -0.2) is 0 Å². The third-order valence-electron chi connectivity index (χ3n) is 5.23. The number of H-pyrrole nitrogens is 1. The van der Waals surface area contributed by atoms with E-state index in [9.17, 15) is 14.4 Å². The van der Waals surface area contributed by atoms with Gasteiger partial charge in [-0.2, -0.15) is 0 Å². The molecule has 3 N–H and O–H groups in total. The highest BCUT2D eigenvalue weighted by atomic mass is 32.1. The molecule has 0 fully saturated rings. The smallest absolute Gasteiger partial charge is 0.269 e. The zero-order chi connectivity index (χ0) is 24.5. The van der Waals surface area contributed by atoms with Crippen molar-refractivity contribution in [1.82, 2.24) is 20.4 Å². The first kappa shape index (κ1) is 24.9. The number of rotatable bonds is 10. The van der Waals surface area contributed by atoms with E-state index in [1.54, 1.807) is 36.4 Å². The second-order valence-electron chi connectivity index (χ2n) is 7.74. The van der Waals surface area contributed by atoms with Crippen molar-refractivity contribution in [1.29, 1.82) is 0 Å². The molecule has 0 spiro atoms. The van der Waals surface area contributed by atoms with E-state index in [-0.39, 0.29) is 22.4 Å². The Balaban J connectivity index is 1.60. The summed E-state index contributed by atoms with van der Waals surface area (Å²) >= 11 is 5.22. The third kappa shape index (κ3) is 6.20. The highest BCUT2D eigenvalue weighted by molar-refractivity contribution is 7.71. The summed E-state index contributed by atoms with van der Waals surface area (Å²) in [6.07, 6.45) is 6.07. The summed E-state index contributed by atoms with van der Waals surface area (Å²) in [5, 5.41) is 0.392. The van der Waals surface area contributed by atoms with Crippen LogP contribution >= 0.6 is 12.2 Å². The maximum absolute atomic E-state index is 12.6. The maximum atomic E-state index is 12.6. The van der Waals surface area contributed by atoms with E-state index in [1.165, 1.54) is 29.5 Å². The number of hydrogen-bond donors (Lipinski definition) is 3. The lowest BCUT2D eigenvalue weighted by Crippen LogP contribution is -2.41. The van der Waals surface area contributed by atoms with Crippen LogP contribution in [-0.2, 0) is 6.54 Å². The van der Waals surface area contributed by atoms with E-state index in [1.807, 2.05) is 0 Å². The lowest BCUT2D eigenvalue weighted by atomic mass is 10.1. The molecule has 178 valence electrons. The zero-order valence-electron chi connectivity index (χ0n) is 19.1. The second-order valence-corrected chi connectivity index (χ2v) is 8.12. The van der Waals surface area contributed by atoms with Crippen molar-refractivity contribution in [2.75, 3.05) is 6.61 Å². The number of hydrazine groups is 1. The first-order valence-electron chi connectivity index (χ1n) is 11.2. The van der Waals surface area contributed by atoms with E-state index in [4.69, 9.17) is 17.0 Å². The number of carbonyl (C=O) groups excluding carboxylic acids is 2. The number of benzene rings is 2. The molecule has 1 heterocycles. The van der Waals surface area contributed by atoms with E-state index < -0.39 is 11.8 Å². The van der Waals surface area contributed by atoms with Gasteiger partial charge >= 0.3 is 0 Å². The molecule has 8 nitrogen and oxygen atoms in total. The molecular formula is C25H28N4O4S. The van der Waals surface area contributed by atoms with Crippen LogP contribution in [0.4, 0.5) is 0 Å². The van der Waals surface area contributed by atoms with Gasteiger partial charge in [-0.3, -0.25) is 29.8 Å².